The number of amides is 4. The maximum atomic E-state index is 13.0. The lowest BCUT2D eigenvalue weighted by molar-refractivity contribution is -0.150. The number of nitrogens with one attached hydrogen (secondary N) is 1. The molecule has 1 aliphatic carbocycles. The van der Waals surface area contributed by atoms with Crippen molar-refractivity contribution >= 4 is 23.6 Å². The van der Waals surface area contributed by atoms with Crippen LogP contribution in [0.4, 0.5) is 0 Å². The zero-order chi connectivity index (χ0) is 27.1. The van der Waals surface area contributed by atoms with E-state index in [1.807, 2.05) is 30.3 Å². The molecule has 1 N–H and O–H groups in total. The van der Waals surface area contributed by atoms with Crippen LogP contribution >= 0.6 is 0 Å². The summed E-state index contributed by atoms with van der Waals surface area (Å²) in [6.45, 7) is 0.0521. The van der Waals surface area contributed by atoms with Crippen molar-refractivity contribution in [3.05, 3.63) is 60.4 Å². The van der Waals surface area contributed by atoms with E-state index in [4.69, 9.17) is 9.26 Å². The lowest BCUT2D eigenvalue weighted by Gasteiger charge is -2.29. The topological polar surface area (TPSA) is 148 Å². The Labute approximate surface area is 222 Å². The van der Waals surface area contributed by atoms with Gasteiger partial charge in [-0.3, -0.25) is 34.4 Å². The number of benzene rings is 1. The van der Waals surface area contributed by atoms with E-state index in [0.29, 0.717) is 17.1 Å². The standard InChI is InChI=1S/C27H24N6O6/c1-32(21-13-24(35)33(27(21)37)20-4-5-22(34)29-26(20)36)14-23-30-25(31-39-23)17-10-16(15-6-8-28-9-7-15)11-19(12-17)38-18-2-3-18/h6-13,18,20H,2-5,14H2,1H3,(H,29,34,36). The number of rotatable bonds is 8. The summed E-state index contributed by atoms with van der Waals surface area (Å²) in [5.74, 6) is -1.03. The Hall–Kier alpha value is -4.87. The normalized spacial score (nSPS) is 19.3. The number of nitrogens with zero attached hydrogens (tertiary/aromatic N) is 5. The Morgan fingerprint density at radius 2 is 1.82 bits per heavy atom. The van der Waals surface area contributed by atoms with Crippen molar-refractivity contribution in [3.8, 4) is 28.3 Å². The molecule has 12 nitrogen and oxygen atoms in total. The van der Waals surface area contributed by atoms with Crippen LogP contribution in [0, 0.1) is 0 Å². The molecule has 4 heterocycles. The molecule has 4 amide bonds. The predicted molar refractivity (Wildman–Crippen MR) is 134 cm³/mol. The van der Waals surface area contributed by atoms with Gasteiger partial charge in [0.1, 0.15) is 17.5 Å². The fraction of sp³-hybridized carbons (Fsp3) is 0.296. The number of piperidine rings is 1. The molecular weight excluding hydrogens is 504 g/mol. The summed E-state index contributed by atoms with van der Waals surface area (Å²) in [6, 6.07) is 8.55. The highest BCUT2D eigenvalue weighted by atomic mass is 16.5. The first-order chi connectivity index (χ1) is 18.9. The van der Waals surface area contributed by atoms with Crippen molar-refractivity contribution in [3.63, 3.8) is 0 Å². The van der Waals surface area contributed by atoms with Crippen molar-refractivity contribution in [2.24, 2.45) is 0 Å². The Kier molecular flexibility index (Phi) is 6.14. The van der Waals surface area contributed by atoms with Crippen LogP contribution in [-0.2, 0) is 25.7 Å². The van der Waals surface area contributed by atoms with Crippen LogP contribution in [0.25, 0.3) is 22.5 Å². The summed E-state index contributed by atoms with van der Waals surface area (Å²) < 4.78 is 11.5. The molecule has 1 saturated carbocycles. The summed E-state index contributed by atoms with van der Waals surface area (Å²) in [4.78, 5) is 60.3. The van der Waals surface area contributed by atoms with Crippen molar-refractivity contribution in [2.45, 2.75) is 44.4 Å². The minimum Gasteiger partial charge on any atom is -0.490 e. The van der Waals surface area contributed by atoms with Gasteiger partial charge in [-0.25, -0.2) is 0 Å². The van der Waals surface area contributed by atoms with Gasteiger partial charge in [-0.15, -0.1) is 0 Å². The molecule has 6 rings (SSSR count). The van der Waals surface area contributed by atoms with Crippen LogP contribution < -0.4 is 10.1 Å². The highest BCUT2D eigenvalue weighted by Crippen LogP contribution is 2.34. The maximum Gasteiger partial charge on any atom is 0.277 e. The monoisotopic (exact) mass is 528 g/mol. The van der Waals surface area contributed by atoms with Crippen LogP contribution in [0.5, 0.6) is 5.75 Å². The molecule has 3 aromatic rings. The third kappa shape index (κ3) is 5.00. The third-order valence-electron chi connectivity index (χ3n) is 6.71. The zero-order valence-corrected chi connectivity index (χ0v) is 21.0. The number of carbonyl (C=O) groups excluding carboxylic acids is 4. The first kappa shape index (κ1) is 24.5. The van der Waals surface area contributed by atoms with Gasteiger partial charge in [0.15, 0.2) is 0 Å². The largest absolute Gasteiger partial charge is 0.490 e. The summed E-state index contributed by atoms with van der Waals surface area (Å²) in [7, 11) is 1.61. The molecule has 2 fully saturated rings. The molecule has 198 valence electrons. The van der Waals surface area contributed by atoms with Gasteiger partial charge in [-0.2, -0.15) is 4.98 Å². The van der Waals surface area contributed by atoms with Gasteiger partial charge < -0.3 is 14.2 Å². The highest BCUT2D eigenvalue weighted by molar-refractivity contribution is 6.18. The van der Waals surface area contributed by atoms with E-state index in [9.17, 15) is 19.2 Å². The molecule has 1 saturated heterocycles. The van der Waals surface area contributed by atoms with Crippen LogP contribution in [-0.4, -0.2) is 67.7 Å². The van der Waals surface area contributed by atoms with E-state index in [2.05, 4.69) is 20.4 Å². The average molecular weight is 529 g/mol. The molecule has 1 unspecified atom stereocenters. The van der Waals surface area contributed by atoms with Gasteiger partial charge in [0.05, 0.1) is 12.6 Å². The number of imide groups is 2. The molecule has 0 spiro atoms. The first-order valence-corrected chi connectivity index (χ1v) is 12.5. The molecule has 0 radical (unpaired) electrons. The lowest BCUT2D eigenvalue weighted by Crippen LogP contribution is -2.54. The quantitative estimate of drug-likeness (QED) is 0.429. The van der Waals surface area contributed by atoms with E-state index in [1.54, 1.807) is 19.4 Å². The second-order valence-corrected chi connectivity index (χ2v) is 9.68. The van der Waals surface area contributed by atoms with E-state index >= 15 is 0 Å². The van der Waals surface area contributed by atoms with Gasteiger partial charge in [0.2, 0.25) is 23.5 Å². The fourth-order valence-electron chi connectivity index (χ4n) is 4.58. The van der Waals surface area contributed by atoms with Gasteiger partial charge >= 0.3 is 0 Å². The van der Waals surface area contributed by atoms with Gasteiger partial charge in [-0.1, -0.05) is 5.16 Å². The van der Waals surface area contributed by atoms with Gasteiger partial charge in [0.25, 0.3) is 11.8 Å². The van der Waals surface area contributed by atoms with Crippen molar-refractivity contribution < 1.29 is 28.4 Å². The third-order valence-corrected chi connectivity index (χ3v) is 6.71. The predicted octanol–water partition coefficient (Wildman–Crippen LogP) is 1.83. The highest BCUT2D eigenvalue weighted by Gasteiger charge is 2.43. The number of pyridine rings is 1. The molecule has 1 atom stereocenters. The van der Waals surface area contributed by atoms with Crippen LogP contribution in [0.15, 0.2) is 59.0 Å². The number of aromatic nitrogens is 3. The van der Waals surface area contributed by atoms with Crippen molar-refractivity contribution in [2.75, 3.05) is 7.05 Å². The van der Waals surface area contributed by atoms with E-state index in [-0.39, 0.29) is 37.1 Å². The van der Waals surface area contributed by atoms with Crippen molar-refractivity contribution in [1.82, 2.24) is 30.2 Å². The van der Waals surface area contributed by atoms with E-state index < -0.39 is 29.7 Å². The summed E-state index contributed by atoms with van der Waals surface area (Å²) >= 11 is 0. The van der Waals surface area contributed by atoms with E-state index in [1.165, 1.54) is 11.0 Å². The Bertz CT molecular complexity index is 1510. The van der Waals surface area contributed by atoms with Gasteiger partial charge in [0, 0.05) is 37.5 Å². The Morgan fingerprint density at radius 3 is 2.56 bits per heavy atom. The summed E-state index contributed by atoms with van der Waals surface area (Å²) in [5, 5.41) is 6.30. The number of hydrogen-bond donors (Lipinski definition) is 1. The molecule has 0 bridgehead atoms. The molecule has 1 aromatic carbocycles. The molecule has 12 heteroatoms. The lowest BCUT2D eigenvalue weighted by atomic mass is 10.0. The van der Waals surface area contributed by atoms with Crippen LogP contribution in [0.3, 0.4) is 0 Å². The van der Waals surface area contributed by atoms with Crippen molar-refractivity contribution in [1.29, 1.82) is 0 Å². The number of ether oxygens (including phenoxy) is 1. The second kappa shape index (κ2) is 9.78. The zero-order valence-electron chi connectivity index (χ0n) is 21.0. The molecule has 3 aliphatic rings. The Balaban J connectivity index is 1.20. The van der Waals surface area contributed by atoms with E-state index in [0.717, 1.165) is 28.9 Å². The van der Waals surface area contributed by atoms with Gasteiger partial charge in [-0.05, 0) is 60.7 Å². The molecule has 39 heavy (non-hydrogen) atoms. The second-order valence-electron chi connectivity index (χ2n) is 9.68. The smallest absolute Gasteiger partial charge is 0.277 e. The Morgan fingerprint density at radius 1 is 1.05 bits per heavy atom. The maximum absolute atomic E-state index is 13.0. The average Bonchev–Trinajstić information content (AvgIpc) is 3.53. The molecular formula is C27H24N6O6. The number of likely N-dealkylation sites (N-methyl/N-ethyl adjacent to an activating group) is 1. The first-order valence-electron chi connectivity index (χ1n) is 12.5. The minimum absolute atomic E-state index is 0.0521. The minimum atomic E-state index is -1.03. The summed E-state index contributed by atoms with van der Waals surface area (Å²) in [5.41, 5.74) is 2.67. The SMILES string of the molecule is CN(Cc1nc(-c2cc(OC3CC3)cc(-c3ccncc3)c2)no1)C1=CC(=O)N(C2CCC(=O)NC2=O)C1=O. The fourth-order valence-corrected chi connectivity index (χ4v) is 4.58. The number of carbonyl (C=O) groups is 4. The summed E-state index contributed by atoms with van der Waals surface area (Å²) in [6.07, 6.45) is 7.00. The van der Waals surface area contributed by atoms with Crippen LogP contribution in [0.2, 0.25) is 0 Å². The molecule has 2 aliphatic heterocycles. The van der Waals surface area contributed by atoms with Crippen LogP contribution in [0.1, 0.15) is 31.6 Å². The molecule has 2 aromatic heterocycles. The number of hydrogen-bond acceptors (Lipinski definition) is 10.